The second-order valence-electron chi connectivity index (χ2n) is 0.447. The van der Waals surface area contributed by atoms with Gasteiger partial charge in [0.1, 0.15) is 0 Å². The first-order chi connectivity index (χ1) is 1.91. The molecule has 0 amide bonds. The Kier molecular flexibility index (Phi) is 2.86. The lowest BCUT2D eigenvalue weighted by Gasteiger charge is -1.70. The molecule has 0 unspecified atom stereocenters. The molecule has 4 heavy (non-hydrogen) atoms. The van der Waals surface area contributed by atoms with E-state index in [-0.39, 0.29) is 14.6 Å². The van der Waals surface area contributed by atoms with E-state index in [9.17, 15) is 0 Å². The van der Waals surface area contributed by atoms with Crippen molar-refractivity contribution in [2.24, 2.45) is 0 Å². The Bertz CT molecular complexity index is 9.61. The molecule has 0 fully saturated rings. The van der Waals surface area contributed by atoms with Crippen molar-refractivity contribution in [2.75, 3.05) is 13.2 Å². The summed E-state index contributed by atoms with van der Waals surface area (Å²) in [4.78, 5) is 0. The highest BCUT2D eigenvalue weighted by Gasteiger charge is 1.58. The molecule has 0 aliphatic heterocycles. The lowest BCUT2D eigenvalue weighted by atomic mass is 10.8. The molecule has 0 bridgehead atoms. The predicted molar refractivity (Wildman–Crippen MR) is 15.3 cm³/mol. The minimum Gasteiger partial charge on any atom is -0.394 e. The Labute approximate surface area is 26.2 Å². The van der Waals surface area contributed by atoms with Gasteiger partial charge in [0.25, 0.3) is 0 Å². The first-order valence-electron chi connectivity index (χ1n) is 1.13. The van der Waals surface area contributed by atoms with Gasteiger partial charge in [-0.1, -0.05) is 0 Å². The van der Waals surface area contributed by atoms with E-state index in [1.54, 1.807) is 0 Å². The Morgan fingerprint density at radius 2 is 1.50 bits per heavy atom. The van der Waals surface area contributed by atoms with Gasteiger partial charge in [0.15, 0.2) is 0 Å². The van der Waals surface area contributed by atoms with Crippen LogP contribution in [-0.4, -0.2) is 23.4 Å². The first kappa shape index (κ1) is 3.92. The normalized spacial score (nSPS) is 7.50. The van der Waals surface area contributed by atoms with Crippen molar-refractivity contribution in [3.63, 3.8) is 0 Å². The third-order valence-electron chi connectivity index (χ3n) is 0.1000. The molecule has 1 radical (unpaired) electrons. The van der Waals surface area contributed by atoms with Crippen molar-refractivity contribution in [3.05, 3.63) is 0 Å². The summed E-state index contributed by atoms with van der Waals surface area (Å²) in [6.07, 6.45) is 0. The predicted octanol–water partition coefficient (Wildman–Crippen LogP) is -0.917. The molecule has 0 spiro atoms. The number of hydrogen-bond donors (Lipinski definition) is 2. The zero-order valence-corrected chi connectivity index (χ0v) is 2.31. The molecule has 0 aliphatic rings. The molecule has 2 N–H and O–H groups in total. The Balaban J connectivity index is 0. The molecule has 2 heteroatoms. The SMILES string of the molecule is OCCO.[H]. The highest BCUT2D eigenvalue weighted by atomic mass is 16.3. The minimum atomic E-state index is -0.125. The van der Waals surface area contributed by atoms with Crippen LogP contribution in [0.4, 0.5) is 0 Å². The molecule has 2 nitrogen and oxygen atoms in total. The fraction of sp³-hybridized carbons (Fsp3) is 1.00. The quantitative estimate of drug-likeness (QED) is 0.413. The Hall–Kier alpha value is -0.0800. The van der Waals surface area contributed by atoms with E-state index in [0.29, 0.717) is 0 Å². The molecule has 27 valence electrons. The van der Waals surface area contributed by atoms with Crippen LogP contribution >= 0.6 is 0 Å². The third kappa shape index (κ3) is 1.92. The topological polar surface area (TPSA) is 40.5 Å². The van der Waals surface area contributed by atoms with Crippen molar-refractivity contribution in [1.82, 2.24) is 0 Å². The number of rotatable bonds is 1. The van der Waals surface area contributed by atoms with Gasteiger partial charge >= 0.3 is 0 Å². The highest BCUT2D eigenvalue weighted by molar-refractivity contribution is 4.06. The van der Waals surface area contributed by atoms with Crippen molar-refractivity contribution in [2.45, 2.75) is 0 Å². The van der Waals surface area contributed by atoms with Crippen molar-refractivity contribution in [1.29, 1.82) is 0 Å². The van der Waals surface area contributed by atoms with Gasteiger partial charge in [-0.3, -0.25) is 0 Å². The summed E-state index contributed by atoms with van der Waals surface area (Å²) in [5.74, 6) is 0. The van der Waals surface area contributed by atoms with Crippen LogP contribution in [-0.2, 0) is 0 Å². The first-order valence-corrected chi connectivity index (χ1v) is 1.13. The molecule has 0 heterocycles. The summed E-state index contributed by atoms with van der Waals surface area (Å²) < 4.78 is 0. The summed E-state index contributed by atoms with van der Waals surface area (Å²) >= 11 is 0. The molecule has 0 aromatic carbocycles. The number of aliphatic hydroxyl groups is 2. The van der Waals surface area contributed by atoms with Gasteiger partial charge in [0.05, 0.1) is 13.2 Å². The summed E-state index contributed by atoms with van der Waals surface area (Å²) in [7, 11) is 0. The van der Waals surface area contributed by atoms with E-state index in [1.165, 1.54) is 0 Å². The van der Waals surface area contributed by atoms with E-state index in [2.05, 4.69) is 0 Å². The van der Waals surface area contributed by atoms with Crippen molar-refractivity contribution in [3.8, 4) is 0 Å². The van der Waals surface area contributed by atoms with Gasteiger partial charge in [-0.15, -0.1) is 0 Å². The zero-order chi connectivity index (χ0) is 3.41. The third-order valence-corrected chi connectivity index (χ3v) is 0.1000. The maximum Gasteiger partial charge on any atom is 0.0662 e. The molecule has 0 aromatic heterocycles. The smallest absolute Gasteiger partial charge is 0.0662 e. The van der Waals surface area contributed by atoms with Gasteiger partial charge in [-0.25, -0.2) is 0 Å². The largest absolute Gasteiger partial charge is 0.394 e. The van der Waals surface area contributed by atoms with Crippen LogP contribution in [0.3, 0.4) is 0 Å². The van der Waals surface area contributed by atoms with Crippen LogP contribution in [0.15, 0.2) is 0 Å². The lowest BCUT2D eigenvalue weighted by molar-refractivity contribution is 0.186. The van der Waals surface area contributed by atoms with Gasteiger partial charge in [0, 0.05) is 1.43 Å². The summed E-state index contributed by atoms with van der Waals surface area (Å²) in [6.45, 7) is -0.250. The second-order valence-corrected chi connectivity index (χ2v) is 0.447. The van der Waals surface area contributed by atoms with Crippen LogP contribution in [0.5, 0.6) is 0 Å². The number of hydrogen-bond acceptors (Lipinski definition) is 2. The van der Waals surface area contributed by atoms with Gasteiger partial charge in [-0.05, 0) is 0 Å². The average Bonchev–Trinajstić information content (AvgIpc) is 1.37. The summed E-state index contributed by atoms with van der Waals surface area (Å²) in [5, 5.41) is 15.2. The van der Waals surface area contributed by atoms with Crippen LogP contribution in [0.25, 0.3) is 0 Å². The summed E-state index contributed by atoms with van der Waals surface area (Å²) in [6, 6.07) is 0. The van der Waals surface area contributed by atoms with Crippen molar-refractivity contribution >= 4 is 0 Å². The lowest BCUT2D eigenvalue weighted by Crippen LogP contribution is -1.85. The van der Waals surface area contributed by atoms with E-state index in [1.807, 2.05) is 0 Å². The monoisotopic (exact) mass is 63.0 g/mol. The van der Waals surface area contributed by atoms with Crippen LogP contribution in [0, 0.1) is 0 Å². The average molecular weight is 63.1 g/mol. The zero-order valence-electron chi connectivity index (χ0n) is 3.31. The van der Waals surface area contributed by atoms with Crippen molar-refractivity contribution < 1.29 is 11.6 Å². The van der Waals surface area contributed by atoms with Crippen LogP contribution < -0.4 is 0 Å². The summed E-state index contributed by atoms with van der Waals surface area (Å²) in [5.41, 5.74) is 0. The molecular weight excluding hydrogens is 56.0 g/mol. The van der Waals surface area contributed by atoms with E-state index < -0.39 is 0 Å². The Morgan fingerprint density at radius 3 is 1.50 bits per heavy atom. The maximum atomic E-state index is 7.62. The van der Waals surface area contributed by atoms with Crippen LogP contribution in [0.1, 0.15) is 1.43 Å². The molecule has 0 atom stereocenters. The standard InChI is InChI=1S/C2H6O2.H/c3-1-2-4;/h3-4H,1-2H2;. The second kappa shape index (κ2) is 2.92. The molecule has 0 aromatic rings. The van der Waals surface area contributed by atoms with Gasteiger partial charge in [-0.2, -0.15) is 0 Å². The van der Waals surface area contributed by atoms with E-state index in [0.717, 1.165) is 0 Å². The molecule has 0 saturated heterocycles. The van der Waals surface area contributed by atoms with Gasteiger partial charge < -0.3 is 10.2 Å². The van der Waals surface area contributed by atoms with E-state index >= 15 is 0 Å². The highest BCUT2D eigenvalue weighted by Crippen LogP contribution is 1.39. The molecule has 0 rings (SSSR count). The minimum absolute atomic E-state index is 0. The maximum absolute atomic E-state index is 7.62. The number of aliphatic hydroxyl groups excluding tert-OH is 2. The van der Waals surface area contributed by atoms with E-state index in [4.69, 9.17) is 10.2 Å². The fourth-order valence-electron chi connectivity index (χ4n) is 0. The van der Waals surface area contributed by atoms with Crippen LogP contribution in [0.2, 0.25) is 0 Å². The molecule has 0 aliphatic carbocycles. The molecular formula is C2H7O2. The van der Waals surface area contributed by atoms with Gasteiger partial charge in [0.2, 0.25) is 0 Å². The fourth-order valence-corrected chi connectivity index (χ4v) is 0. The Morgan fingerprint density at radius 1 is 1.25 bits per heavy atom. The molecule has 0 saturated carbocycles.